The average Bonchev–Trinajstić information content (AvgIpc) is 2.58. The molecule has 1 N–H and O–H groups in total. The third-order valence-corrected chi connectivity index (χ3v) is 4.35. The summed E-state index contributed by atoms with van der Waals surface area (Å²) in [6.45, 7) is 1.38. The number of nitro benzene ring substituents is 1. The molecule has 1 amide bonds. The Morgan fingerprint density at radius 3 is 2.44 bits per heavy atom. The van der Waals surface area contributed by atoms with Gasteiger partial charge in [0.05, 0.1) is 22.1 Å². The Hall–Kier alpha value is -2.35. The van der Waals surface area contributed by atoms with Gasteiger partial charge < -0.3 is 10.1 Å². The molecule has 2 aromatic rings. The van der Waals surface area contributed by atoms with Crippen LogP contribution in [0.2, 0.25) is 15.1 Å². The number of carbonyl (C=O) groups excluding carboxylic acids is 2. The summed E-state index contributed by atoms with van der Waals surface area (Å²) in [5, 5.41) is 13.9. The predicted octanol–water partition coefficient (Wildman–Crippen LogP) is 4.67. The fourth-order valence-corrected chi connectivity index (χ4v) is 2.76. The van der Waals surface area contributed by atoms with E-state index >= 15 is 0 Å². The number of carbonyl (C=O) groups is 2. The number of hydrogen-bond acceptors (Lipinski definition) is 5. The lowest BCUT2D eigenvalue weighted by Crippen LogP contribution is -2.30. The normalized spacial score (nSPS) is 11.6. The number of amides is 1. The van der Waals surface area contributed by atoms with Crippen molar-refractivity contribution in [2.45, 2.75) is 19.4 Å². The molecule has 0 saturated heterocycles. The van der Waals surface area contributed by atoms with Crippen LogP contribution in [0.3, 0.4) is 0 Å². The van der Waals surface area contributed by atoms with Crippen LogP contribution in [0.25, 0.3) is 0 Å². The fraction of sp³-hybridized carbons (Fsp3) is 0.176. The first-order valence-corrected chi connectivity index (χ1v) is 8.69. The number of anilines is 1. The second-order valence-corrected chi connectivity index (χ2v) is 6.71. The lowest BCUT2D eigenvalue weighted by molar-refractivity contribution is -0.384. The first kappa shape index (κ1) is 21.0. The number of nitrogens with zero attached hydrogens (tertiary/aromatic N) is 1. The molecule has 0 radical (unpaired) electrons. The molecule has 0 heterocycles. The minimum absolute atomic E-state index is 0.0102. The second kappa shape index (κ2) is 9.03. The molecule has 2 aromatic carbocycles. The Morgan fingerprint density at radius 1 is 1.15 bits per heavy atom. The van der Waals surface area contributed by atoms with Crippen LogP contribution in [0.4, 0.5) is 11.4 Å². The number of non-ortho nitro benzene ring substituents is 1. The van der Waals surface area contributed by atoms with Crippen molar-refractivity contribution in [3.8, 4) is 0 Å². The first-order valence-electron chi connectivity index (χ1n) is 7.55. The number of nitrogens with one attached hydrogen (secondary N) is 1. The van der Waals surface area contributed by atoms with E-state index in [0.717, 1.165) is 6.07 Å². The molecule has 0 saturated carbocycles. The number of esters is 1. The molecule has 2 rings (SSSR count). The average molecular weight is 432 g/mol. The number of hydrogen-bond donors (Lipinski definition) is 1. The van der Waals surface area contributed by atoms with E-state index < -0.39 is 22.9 Å². The van der Waals surface area contributed by atoms with Crippen LogP contribution in [0.5, 0.6) is 0 Å². The molecule has 0 aliphatic heterocycles. The van der Waals surface area contributed by atoms with Gasteiger partial charge in [-0.05, 0) is 30.7 Å². The van der Waals surface area contributed by atoms with Gasteiger partial charge in [-0.25, -0.2) is 0 Å². The second-order valence-electron chi connectivity index (χ2n) is 5.46. The minimum atomic E-state index is -1.12. The van der Waals surface area contributed by atoms with Crippen LogP contribution in [0.1, 0.15) is 12.5 Å². The maximum Gasteiger partial charge on any atom is 0.311 e. The number of benzene rings is 2. The Labute approximate surface area is 169 Å². The Balaban J connectivity index is 1.97. The number of rotatable bonds is 6. The molecule has 142 valence electrons. The SMILES string of the molecule is CC(OC(=O)Cc1ccc(Cl)cc1Cl)C(=O)Nc1ccc([N+](=O)[O-])cc1Cl. The molecular formula is C17H13Cl3N2O5. The van der Waals surface area contributed by atoms with E-state index in [1.54, 1.807) is 12.1 Å². The highest BCUT2D eigenvalue weighted by atomic mass is 35.5. The van der Waals surface area contributed by atoms with Crippen LogP contribution < -0.4 is 5.32 Å². The van der Waals surface area contributed by atoms with Gasteiger partial charge in [-0.1, -0.05) is 40.9 Å². The monoisotopic (exact) mass is 430 g/mol. The summed E-state index contributed by atoms with van der Waals surface area (Å²) in [5.74, 6) is -1.29. The number of nitro groups is 1. The van der Waals surface area contributed by atoms with Gasteiger partial charge in [-0.3, -0.25) is 19.7 Å². The van der Waals surface area contributed by atoms with Crippen LogP contribution in [0.15, 0.2) is 36.4 Å². The molecule has 27 heavy (non-hydrogen) atoms. The van der Waals surface area contributed by atoms with Crippen LogP contribution >= 0.6 is 34.8 Å². The molecule has 7 nitrogen and oxygen atoms in total. The molecule has 1 atom stereocenters. The molecule has 0 bridgehead atoms. The van der Waals surface area contributed by atoms with Gasteiger partial charge in [-0.15, -0.1) is 0 Å². The predicted molar refractivity (Wildman–Crippen MR) is 102 cm³/mol. The zero-order chi connectivity index (χ0) is 20.1. The zero-order valence-electron chi connectivity index (χ0n) is 13.9. The Bertz CT molecular complexity index is 904. The summed E-state index contributed by atoms with van der Waals surface area (Å²) in [7, 11) is 0. The van der Waals surface area contributed by atoms with Crippen molar-refractivity contribution in [3.63, 3.8) is 0 Å². The molecule has 0 aliphatic carbocycles. The maximum absolute atomic E-state index is 12.2. The van der Waals surface area contributed by atoms with E-state index in [0.29, 0.717) is 15.6 Å². The van der Waals surface area contributed by atoms with E-state index in [1.165, 1.54) is 25.1 Å². The molecule has 10 heteroatoms. The van der Waals surface area contributed by atoms with Gasteiger partial charge in [0.2, 0.25) is 0 Å². The summed E-state index contributed by atoms with van der Waals surface area (Å²) < 4.78 is 5.08. The first-order chi connectivity index (χ1) is 12.7. The molecule has 0 aliphatic rings. The van der Waals surface area contributed by atoms with Gasteiger partial charge in [0.1, 0.15) is 0 Å². The van der Waals surface area contributed by atoms with Crippen LogP contribution in [-0.4, -0.2) is 22.9 Å². The summed E-state index contributed by atoms with van der Waals surface area (Å²) >= 11 is 17.7. The standard InChI is InChI=1S/C17H13Cl3N2O5/c1-9(27-16(23)6-10-2-3-11(18)7-13(10)19)17(24)21-15-5-4-12(22(25)26)8-14(15)20/h2-5,7-9H,6H2,1H3,(H,21,24). The van der Waals surface area contributed by atoms with Gasteiger partial charge in [0.25, 0.3) is 11.6 Å². The third-order valence-electron chi connectivity index (χ3n) is 3.45. The Kier molecular flexibility index (Phi) is 7.01. The van der Waals surface area contributed by atoms with Gasteiger partial charge in [0.15, 0.2) is 6.10 Å². The van der Waals surface area contributed by atoms with Gasteiger partial charge in [0, 0.05) is 22.2 Å². The minimum Gasteiger partial charge on any atom is -0.452 e. The maximum atomic E-state index is 12.2. The van der Waals surface area contributed by atoms with E-state index in [9.17, 15) is 19.7 Å². The van der Waals surface area contributed by atoms with Crippen molar-refractivity contribution in [1.29, 1.82) is 0 Å². The highest BCUT2D eigenvalue weighted by Gasteiger charge is 2.20. The molecule has 1 unspecified atom stereocenters. The zero-order valence-corrected chi connectivity index (χ0v) is 16.1. The lowest BCUT2D eigenvalue weighted by Gasteiger charge is -2.14. The number of halogens is 3. The van der Waals surface area contributed by atoms with Crippen LogP contribution in [-0.2, 0) is 20.7 Å². The number of ether oxygens (including phenoxy) is 1. The summed E-state index contributed by atoms with van der Waals surface area (Å²) in [6.07, 6.45) is -1.25. The van der Waals surface area contributed by atoms with Crippen molar-refractivity contribution in [3.05, 3.63) is 67.1 Å². The summed E-state index contributed by atoms with van der Waals surface area (Å²) in [6, 6.07) is 8.27. The highest BCUT2D eigenvalue weighted by molar-refractivity contribution is 6.35. The molecule has 0 fully saturated rings. The largest absolute Gasteiger partial charge is 0.452 e. The quantitative estimate of drug-likeness (QED) is 0.407. The van der Waals surface area contributed by atoms with Crippen molar-refractivity contribution in [2.75, 3.05) is 5.32 Å². The van der Waals surface area contributed by atoms with E-state index in [2.05, 4.69) is 5.32 Å². The summed E-state index contributed by atoms with van der Waals surface area (Å²) in [4.78, 5) is 34.3. The van der Waals surface area contributed by atoms with Crippen LogP contribution in [0, 0.1) is 10.1 Å². The molecular weight excluding hydrogens is 419 g/mol. The van der Waals surface area contributed by atoms with Crippen molar-refractivity contribution in [1.82, 2.24) is 0 Å². The topological polar surface area (TPSA) is 98.5 Å². The van der Waals surface area contributed by atoms with Crippen molar-refractivity contribution in [2.24, 2.45) is 0 Å². The Morgan fingerprint density at radius 2 is 1.85 bits per heavy atom. The fourth-order valence-electron chi connectivity index (χ4n) is 2.07. The highest BCUT2D eigenvalue weighted by Crippen LogP contribution is 2.27. The van der Waals surface area contributed by atoms with Crippen molar-refractivity contribution >= 4 is 58.1 Å². The van der Waals surface area contributed by atoms with E-state index in [4.69, 9.17) is 39.5 Å². The van der Waals surface area contributed by atoms with Gasteiger partial charge >= 0.3 is 5.97 Å². The van der Waals surface area contributed by atoms with E-state index in [1.807, 2.05) is 0 Å². The van der Waals surface area contributed by atoms with E-state index in [-0.39, 0.29) is 22.8 Å². The van der Waals surface area contributed by atoms with Gasteiger partial charge in [-0.2, -0.15) is 0 Å². The lowest BCUT2D eigenvalue weighted by atomic mass is 10.1. The van der Waals surface area contributed by atoms with Crippen molar-refractivity contribution < 1.29 is 19.2 Å². The molecule has 0 aromatic heterocycles. The summed E-state index contributed by atoms with van der Waals surface area (Å²) in [5.41, 5.74) is 0.463. The smallest absolute Gasteiger partial charge is 0.311 e. The molecule has 0 spiro atoms. The third kappa shape index (κ3) is 5.82.